The highest BCUT2D eigenvalue weighted by atomic mass is 32.2. The average Bonchev–Trinajstić information content (AvgIpc) is 2.38. The molecule has 1 aromatic rings. The van der Waals surface area contributed by atoms with E-state index >= 15 is 0 Å². The van der Waals surface area contributed by atoms with Gasteiger partial charge in [-0.15, -0.1) is 0 Å². The Balaban J connectivity index is 2.90. The summed E-state index contributed by atoms with van der Waals surface area (Å²) in [6.45, 7) is 4.51. The zero-order chi connectivity index (χ0) is 13.8. The fraction of sp³-hybridized carbons (Fsp3) is 0.538. The molecule has 1 rings (SSSR count). The van der Waals surface area contributed by atoms with Gasteiger partial charge in [-0.05, 0) is 23.6 Å². The van der Waals surface area contributed by atoms with Gasteiger partial charge in [-0.25, -0.2) is 12.7 Å². The summed E-state index contributed by atoms with van der Waals surface area (Å²) in [6, 6.07) is 6.33. The third kappa shape index (κ3) is 3.54. The highest BCUT2D eigenvalue weighted by Crippen LogP contribution is 2.17. The molecule has 4 nitrogen and oxygen atoms in total. The lowest BCUT2D eigenvalue weighted by atomic mass is 10.1. The molecule has 0 heterocycles. The van der Waals surface area contributed by atoms with Crippen LogP contribution in [-0.4, -0.2) is 31.4 Å². The SMILES string of the molecule is CCC(C)CN(C)S(=O)(=O)c1ccc(CO)cc1. The number of benzene rings is 1. The molecule has 0 amide bonds. The number of rotatable bonds is 6. The molecule has 1 N–H and O–H groups in total. The highest BCUT2D eigenvalue weighted by molar-refractivity contribution is 7.89. The normalized spacial score (nSPS) is 13.8. The molecule has 0 aliphatic carbocycles. The number of aliphatic hydroxyl groups excluding tert-OH is 1. The van der Waals surface area contributed by atoms with Crippen molar-refractivity contribution in [3.05, 3.63) is 29.8 Å². The van der Waals surface area contributed by atoms with Crippen LogP contribution in [0.15, 0.2) is 29.2 Å². The van der Waals surface area contributed by atoms with Crippen molar-refractivity contribution in [2.45, 2.75) is 31.8 Å². The van der Waals surface area contributed by atoms with Crippen molar-refractivity contribution >= 4 is 10.0 Å². The molecular weight excluding hydrogens is 250 g/mol. The van der Waals surface area contributed by atoms with E-state index in [9.17, 15) is 8.42 Å². The maximum Gasteiger partial charge on any atom is 0.242 e. The Morgan fingerprint density at radius 3 is 2.28 bits per heavy atom. The molecule has 1 aromatic carbocycles. The minimum atomic E-state index is -3.42. The summed E-state index contributed by atoms with van der Waals surface area (Å²) in [4.78, 5) is 0.269. The van der Waals surface area contributed by atoms with Crippen LogP contribution in [0, 0.1) is 5.92 Å². The first-order valence-electron chi connectivity index (χ1n) is 6.08. The van der Waals surface area contributed by atoms with Gasteiger partial charge in [-0.3, -0.25) is 0 Å². The van der Waals surface area contributed by atoms with Crippen LogP contribution < -0.4 is 0 Å². The molecule has 0 spiro atoms. The van der Waals surface area contributed by atoms with Crippen LogP contribution in [0.4, 0.5) is 0 Å². The maximum absolute atomic E-state index is 12.2. The summed E-state index contributed by atoms with van der Waals surface area (Å²) in [5.41, 5.74) is 0.707. The summed E-state index contributed by atoms with van der Waals surface area (Å²) < 4.78 is 25.9. The van der Waals surface area contributed by atoms with Gasteiger partial charge >= 0.3 is 0 Å². The Labute approximate surface area is 109 Å². The molecule has 0 saturated carbocycles. The summed E-state index contributed by atoms with van der Waals surface area (Å²) in [7, 11) is -1.82. The van der Waals surface area contributed by atoms with Crippen LogP contribution >= 0.6 is 0 Å². The quantitative estimate of drug-likeness (QED) is 0.859. The second-order valence-corrected chi connectivity index (χ2v) is 6.65. The number of sulfonamides is 1. The Bertz CT molecular complexity index is 468. The molecular formula is C13H21NO3S. The molecule has 0 saturated heterocycles. The number of hydrogen-bond acceptors (Lipinski definition) is 3. The summed E-state index contributed by atoms with van der Waals surface area (Å²) in [5.74, 6) is 0.335. The summed E-state index contributed by atoms with van der Waals surface area (Å²) in [5, 5.41) is 8.93. The zero-order valence-corrected chi connectivity index (χ0v) is 11.9. The van der Waals surface area contributed by atoms with E-state index in [-0.39, 0.29) is 11.5 Å². The van der Waals surface area contributed by atoms with E-state index in [1.165, 1.54) is 16.4 Å². The third-order valence-corrected chi connectivity index (χ3v) is 4.92. The molecule has 0 bridgehead atoms. The lowest BCUT2D eigenvalue weighted by molar-refractivity contribution is 0.281. The topological polar surface area (TPSA) is 57.6 Å². The molecule has 0 aliphatic heterocycles. The van der Waals surface area contributed by atoms with Gasteiger partial charge in [0.05, 0.1) is 11.5 Å². The molecule has 0 radical (unpaired) electrons. The van der Waals surface area contributed by atoms with Crippen LogP contribution in [0.1, 0.15) is 25.8 Å². The van der Waals surface area contributed by atoms with Crippen molar-refractivity contribution in [1.29, 1.82) is 0 Å². The van der Waals surface area contributed by atoms with Crippen molar-refractivity contribution in [2.24, 2.45) is 5.92 Å². The van der Waals surface area contributed by atoms with Gasteiger partial charge in [0.1, 0.15) is 0 Å². The highest BCUT2D eigenvalue weighted by Gasteiger charge is 2.21. The first kappa shape index (κ1) is 15.1. The smallest absolute Gasteiger partial charge is 0.242 e. The van der Waals surface area contributed by atoms with Crippen LogP contribution in [0.2, 0.25) is 0 Å². The van der Waals surface area contributed by atoms with E-state index in [1.54, 1.807) is 19.2 Å². The number of hydrogen-bond donors (Lipinski definition) is 1. The largest absolute Gasteiger partial charge is 0.392 e. The van der Waals surface area contributed by atoms with Gasteiger partial charge in [0, 0.05) is 13.6 Å². The fourth-order valence-electron chi connectivity index (χ4n) is 1.61. The number of nitrogens with zero attached hydrogens (tertiary/aromatic N) is 1. The predicted octanol–water partition coefficient (Wildman–Crippen LogP) is 1.85. The van der Waals surface area contributed by atoms with E-state index in [0.717, 1.165) is 6.42 Å². The van der Waals surface area contributed by atoms with Gasteiger partial charge in [0.15, 0.2) is 0 Å². The first-order valence-corrected chi connectivity index (χ1v) is 7.52. The predicted molar refractivity (Wildman–Crippen MR) is 71.6 cm³/mol. The lowest BCUT2D eigenvalue weighted by Gasteiger charge is -2.20. The van der Waals surface area contributed by atoms with Gasteiger partial charge in [-0.2, -0.15) is 0 Å². The van der Waals surface area contributed by atoms with Crippen molar-refractivity contribution in [2.75, 3.05) is 13.6 Å². The monoisotopic (exact) mass is 271 g/mol. The van der Waals surface area contributed by atoms with Crippen LogP contribution in [0.5, 0.6) is 0 Å². The van der Waals surface area contributed by atoms with Crippen LogP contribution in [-0.2, 0) is 16.6 Å². The second kappa shape index (κ2) is 6.31. The van der Waals surface area contributed by atoms with Crippen molar-refractivity contribution in [3.8, 4) is 0 Å². The Hall–Kier alpha value is -0.910. The molecule has 0 fully saturated rings. The summed E-state index contributed by atoms with van der Waals surface area (Å²) >= 11 is 0. The zero-order valence-electron chi connectivity index (χ0n) is 11.1. The average molecular weight is 271 g/mol. The Morgan fingerprint density at radius 1 is 1.28 bits per heavy atom. The first-order chi connectivity index (χ1) is 8.41. The number of aliphatic hydroxyl groups is 1. The van der Waals surface area contributed by atoms with Crippen molar-refractivity contribution in [3.63, 3.8) is 0 Å². The standard InChI is InChI=1S/C13H21NO3S/c1-4-11(2)9-14(3)18(16,17)13-7-5-12(10-15)6-8-13/h5-8,11,15H,4,9-10H2,1-3H3. The molecule has 18 heavy (non-hydrogen) atoms. The van der Waals surface area contributed by atoms with E-state index in [4.69, 9.17) is 5.11 Å². The Kier molecular flexibility index (Phi) is 5.31. The molecule has 102 valence electrons. The summed E-state index contributed by atoms with van der Waals surface area (Å²) in [6.07, 6.45) is 0.948. The van der Waals surface area contributed by atoms with Gasteiger partial charge in [0.2, 0.25) is 10.0 Å². The van der Waals surface area contributed by atoms with Crippen LogP contribution in [0.3, 0.4) is 0 Å². The molecule has 5 heteroatoms. The van der Waals surface area contributed by atoms with E-state index < -0.39 is 10.0 Å². The van der Waals surface area contributed by atoms with E-state index in [1.807, 2.05) is 13.8 Å². The minimum Gasteiger partial charge on any atom is -0.392 e. The van der Waals surface area contributed by atoms with E-state index in [0.29, 0.717) is 18.0 Å². The second-order valence-electron chi connectivity index (χ2n) is 4.60. The Morgan fingerprint density at radius 2 is 1.83 bits per heavy atom. The van der Waals surface area contributed by atoms with Crippen molar-refractivity contribution in [1.82, 2.24) is 4.31 Å². The van der Waals surface area contributed by atoms with Crippen LogP contribution in [0.25, 0.3) is 0 Å². The van der Waals surface area contributed by atoms with Crippen molar-refractivity contribution < 1.29 is 13.5 Å². The van der Waals surface area contributed by atoms with Gasteiger partial charge in [0.25, 0.3) is 0 Å². The molecule has 1 atom stereocenters. The maximum atomic E-state index is 12.2. The van der Waals surface area contributed by atoms with Gasteiger partial charge < -0.3 is 5.11 Å². The van der Waals surface area contributed by atoms with E-state index in [2.05, 4.69) is 0 Å². The molecule has 0 aromatic heterocycles. The molecule has 1 unspecified atom stereocenters. The fourth-order valence-corrected chi connectivity index (χ4v) is 2.90. The lowest BCUT2D eigenvalue weighted by Crippen LogP contribution is -2.31. The van der Waals surface area contributed by atoms with Gasteiger partial charge in [-0.1, -0.05) is 32.4 Å². The minimum absolute atomic E-state index is 0.0803. The third-order valence-electron chi connectivity index (χ3n) is 3.08. The molecule has 0 aliphatic rings.